The summed E-state index contributed by atoms with van der Waals surface area (Å²) in [5.74, 6) is -0.775. The van der Waals surface area contributed by atoms with Gasteiger partial charge in [0, 0.05) is 17.7 Å². The zero-order chi connectivity index (χ0) is 20.4. The fraction of sp³-hybridized carbons (Fsp3) is 0.167. The number of hydrogen-bond donors (Lipinski definition) is 2. The molecule has 144 valence electrons. The maximum atomic E-state index is 12.6. The molecule has 1 aliphatic rings. The molecule has 0 spiro atoms. The molecule has 0 saturated carbocycles. The number of phenols is 1. The number of nitrogens with zero attached hydrogens (tertiary/aromatic N) is 3. The van der Waals surface area contributed by atoms with Gasteiger partial charge in [-0.1, -0.05) is 17.8 Å². The number of hydrazone groups is 1. The number of carbonyl (C=O) groups is 2. The predicted molar refractivity (Wildman–Crippen MR) is 105 cm³/mol. The smallest absolute Gasteiger partial charge is 0.271 e. The van der Waals surface area contributed by atoms with Crippen LogP contribution in [0.25, 0.3) is 0 Å². The second kappa shape index (κ2) is 7.69. The van der Waals surface area contributed by atoms with Crippen LogP contribution in [0.3, 0.4) is 0 Å². The standard InChI is InChI=1S/C18H16N4O5S/c1-10-3-6-13(22(26)27)9-15(10)21-17(25)11(2)28-18(21)20-19-16(24)12-4-7-14(23)8-5-12/h3-9,11,23H,1-2H3,(H,19,24). The van der Waals surface area contributed by atoms with E-state index in [1.54, 1.807) is 19.9 Å². The first-order valence-electron chi connectivity index (χ1n) is 8.20. The third kappa shape index (κ3) is 3.81. The topological polar surface area (TPSA) is 125 Å². The molecule has 1 atom stereocenters. The Hall–Kier alpha value is -3.40. The van der Waals surface area contributed by atoms with Crippen LogP contribution < -0.4 is 10.3 Å². The van der Waals surface area contributed by atoms with Crippen molar-refractivity contribution < 1.29 is 19.6 Å². The van der Waals surface area contributed by atoms with Crippen LogP contribution in [-0.2, 0) is 4.79 Å². The Morgan fingerprint density at radius 2 is 1.96 bits per heavy atom. The van der Waals surface area contributed by atoms with Gasteiger partial charge in [0.1, 0.15) is 5.75 Å². The number of carbonyl (C=O) groups excluding carboxylic acids is 2. The van der Waals surface area contributed by atoms with E-state index in [0.29, 0.717) is 11.3 Å². The normalized spacial score (nSPS) is 17.8. The first-order valence-corrected chi connectivity index (χ1v) is 9.08. The van der Waals surface area contributed by atoms with Gasteiger partial charge in [-0.25, -0.2) is 5.43 Å². The lowest BCUT2D eigenvalue weighted by molar-refractivity contribution is -0.384. The summed E-state index contributed by atoms with van der Waals surface area (Å²) in [7, 11) is 0. The fourth-order valence-corrected chi connectivity index (χ4v) is 3.48. The van der Waals surface area contributed by atoms with Gasteiger partial charge in [-0.15, -0.1) is 5.10 Å². The third-order valence-electron chi connectivity index (χ3n) is 4.07. The van der Waals surface area contributed by atoms with Crippen molar-refractivity contribution in [2.45, 2.75) is 19.1 Å². The van der Waals surface area contributed by atoms with Gasteiger partial charge < -0.3 is 5.11 Å². The highest BCUT2D eigenvalue weighted by Crippen LogP contribution is 2.35. The van der Waals surface area contributed by atoms with Gasteiger partial charge >= 0.3 is 0 Å². The lowest BCUT2D eigenvalue weighted by Gasteiger charge is -2.18. The molecule has 0 bridgehead atoms. The third-order valence-corrected chi connectivity index (χ3v) is 5.11. The number of amides is 2. The average molecular weight is 400 g/mol. The molecule has 0 radical (unpaired) electrons. The zero-order valence-corrected chi connectivity index (χ0v) is 15.8. The SMILES string of the molecule is Cc1ccc([N+](=O)[O-])cc1N1C(=O)C(C)SC1=NNC(=O)c1ccc(O)cc1. The maximum absolute atomic E-state index is 12.6. The van der Waals surface area contributed by atoms with E-state index in [2.05, 4.69) is 10.5 Å². The number of phenolic OH excluding ortho intramolecular Hbond substituents is 1. The molecule has 0 aliphatic carbocycles. The Morgan fingerprint density at radius 1 is 1.29 bits per heavy atom. The number of non-ortho nitro benzene ring substituents is 1. The van der Waals surface area contributed by atoms with E-state index in [1.165, 1.54) is 41.3 Å². The van der Waals surface area contributed by atoms with Gasteiger partial charge in [-0.2, -0.15) is 0 Å². The number of anilines is 1. The van der Waals surface area contributed by atoms with Crippen molar-refractivity contribution in [1.82, 2.24) is 5.43 Å². The molecular formula is C18H16N4O5S. The number of hydrogen-bond acceptors (Lipinski definition) is 7. The lowest BCUT2D eigenvalue weighted by atomic mass is 10.1. The summed E-state index contributed by atoms with van der Waals surface area (Å²) >= 11 is 1.14. The minimum absolute atomic E-state index is 0.0287. The van der Waals surface area contributed by atoms with Gasteiger partial charge in [0.2, 0.25) is 5.91 Å². The van der Waals surface area contributed by atoms with Crippen LogP contribution in [0, 0.1) is 17.0 Å². The number of rotatable bonds is 4. The van der Waals surface area contributed by atoms with Gasteiger partial charge in [0.05, 0.1) is 15.9 Å². The molecule has 0 aromatic heterocycles. The molecule has 2 aromatic carbocycles. The second-order valence-electron chi connectivity index (χ2n) is 6.04. The molecule has 1 aliphatic heterocycles. The van der Waals surface area contributed by atoms with Crippen LogP contribution >= 0.6 is 11.8 Å². The van der Waals surface area contributed by atoms with E-state index in [9.17, 15) is 24.8 Å². The number of aromatic hydroxyl groups is 1. The minimum Gasteiger partial charge on any atom is -0.508 e. The van der Waals surface area contributed by atoms with Gasteiger partial charge in [0.25, 0.3) is 11.6 Å². The molecule has 9 nitrogen and oxygen atoms in total. The van der Waals surface area contributed by atoms with E-state index >= 15 is 0 Å². The molecule has 2 N–H and O–H groups in total. The van der Waals surface area contributed by atoms with E-state index in [-0.39, 0.29) is 28.1 Å². The number of thioether (sulfide) groups is 1. The molecule has 3 rings (SSSR count). The van der Waals surface area contributed by atoms with Crippen LogP contribution in [-0.4, -0.2) is 32.3 Å². The number of amidine groups is 1. The molecule has 2 aromatic rings. The number of nitro benzene ring substituents is 1. The van der Waals surface area contributed by atoms with Gasteiger partial charge in [-0.3, -0.25) is 24.6 Å². The quantitative estimate of drug-likeness (QED) is 0.600. The van der Waals surface area contributed by atoms with Crippen LogP contribution in [0.1, 0.15) is 22.8 Å². The summed E-state index contributed by atoms with van der Waals surface area (Å²) < 4.78 is 0. The minimum atomic E-state index is -0.538. The first-order chi connectivity index (χ1) is 13.3. The molecule has 10 heteroatoms. The monoisotopic (exact) mass is 400 g/mol. The Labute approximate surface area is 164 Å². The largest absolute Gasteiger partial charge is 0.508 e. The van der Waals surface area contributed by atoms with Crippen molar-refractivity contribution in [3.05, 3.63) is 63.7 Å². The van der Waals surface area contributed by atoms with Crippen molar-refractivity contribution in [2.24, 2.45) is 5.10 Å². The molecular weight excluding hydrogens is 384 g/mol. The van der Waals surface area contributed by atoms with E-state index < -0.39 is 16.1 Å². The number of nitro groups is 1. The highest BCUT2D eigenvalue weighted by molar-refractivity contribution is 8.16. The zero-order valence-electron chi connectivity index (χ0n) is 14.9. The molecule has 1 saturated heterocycles. The fourth-order valence-electron chi connectivity index (χ4n) is 2.56. The predicted octanol–water partition coefficient (Wildman–Crippen LogP) is 2.78. The highest BCUT2D eigenvalue weighted by atomic mass is 32.2. The van der Waals surface area contributed by atoms with Crippen molar-refractivity contribution in [3.63, 3.8) is 0 Å². The summed E-state index contributed by atoms with van der Waals surface area (Å²) in [4.78, 5) is 36.7. The number of nitrogens with one attached hydrogen (secondary N) is 1. The summed E-state index contributed by atoms with van der Waals surface area (Å²) in [6, 6.07) is 9.84. The molecule has 28 heavy (non-hydrogen) atoms. The van der Waals surface area contributed by atoms with Crippen LogP contribution in [0.2, 0.25) is 0 Å². The molecule has 2 amide bonds. The maximum Gasteiger partial charge on any atom is 0.271 e. The molecule has 1 fully saturated rings. The van der Waals surface area contributed by atoms with Crippen LogP contribution in [0.5, 0.6) is 5.75 Å². The van der Waals surface area contributed by atoms with Crippen molar-refractivity contribution in [2.75, 3.05) is 4.90 Å². The molecule has 1 heterocycles. The van der Waals surface area contributed by atoms with Gasteiger partial charge in [0.15, 0.2) is 5.17 Å². The van der Waals surface area contributed by atoms with Crippen LogP contribution in [0.4, 0.5) is 11.4 Å². The number of aryl methyl sites for hydroxylation is 1. The van der Waals surface area contributed by atoms with Crippen LogP contribution in [0.15, 0.2) is 47.6 Å². The Morgan fingerprint density at radius 3 is 2.61 bits per heavy atom. The van der Waals surface area contributed by atoms with E-state index in [4.69, 9.17) is 0 Å². The Bertz CT molecular complexity index is 990. The lowest BCUT2D eigenvalue weighted by Crippen LogP contribution is -2.33. The summed E-state index contributed by atoms with van der Waals surface area (Å²) in [5.41, 5.74) is 3.51. The Balaban J connectivity index is 1.91. The van der Waals surface area contributed by atoms with Gasteiger partial charge in [-0.05, 0) is 43.7 Å². The summed E-state index contributed by atoms with van der Waals surface area (Å²) in [6.45, 7) is 3.42. The average Bonchev–Trinajstić information content (AvgIpc) is 2.94. The Kier molecular flexibility index (Phi) is 5.32. The van der Waals surface area contributed by atoms with Crippen molar-refractivity contribution in [3.8, 4) is 5.75 Å². The van der Waals surface area contributed by atoms with Crippen molar-refractivity contribution >= 4 is 40.1 Å². The van der Waals surface area contributed by atoms with E-state index in [0.717, 1.165) is 11.8 Å². The highest BCUT2D eigenvalue weighted by Gasteiger charge is 2.37. The van der Waals surface area contributed by atoms with Crippen molar-refractivity contribution in [1.29, 1.82) is 0 Å². The first kappa shape index (κ1) is 19.4. The van der Waals surface area contributed by atoms with E-state index in [1.807, 2.05) is 0 Å². The second-order valence-corrected chi connectivity index (χ2v) is 7.35. The summed E-state index contributed by atoms with van der Waals surface area (Å²) in [6.07, 6.45) is 0. The number of benzene rings is 2. The molecule has 1 unspecified atom stereocenters. The summed E-state index contributed by atoms with van der Waals surface area (Å²) in [5, 5.41) is 24.2.